The highest BCUT2D eigenvalue weighted by atomic mass is 32.2. The lowest BCUT2D eigenvalue weighted by atomic mass is 10.2. The van der Waals surface area contributed by atoms with Gasteiger partial charge in [-0.25, -0.2) is 0 Å². The number of hydrogen-bond acceptors (Lipinski definition) is 6. The molecule has 1 aromatic carbocycles. The summed E-state index contributed by atoms with van der Waals surface area (Å²) in [5.74, 6) is 1.85. The Morgan fingerprint density at radius 1 is 1.07 bits per heavy atom. The first-order chi connectivity index (χ1) is 14.2. The normalized spacial score (nSPS) is 15.4. The number of benzene rings is 1. The van der Waals surface area contributed by atoms with E-state index >= 15 is 0 Å². The second kappa shape index (κ2) is 9.28. The first-order valence-corrected chi connectivity index (χ1v) is 10.8. The molecule has 4 rings (SSSR count). The van der Waals surface area contributed by atoms with Crippen molar-refractivity contribution < 1.29 is 9.21 Å². The smallest absolute Gasteiger partial charge is 0.233 e. The predicted molar refractivity (Wildman–Crippen MR) is 113 cm³/mol. The molecule has 29 heavy (non-hydrogen) atoms. The van der Waals surface area contributed by atoms with Crippen LogP contribution in [0.15, 0.2) is 58.3 Å². The van der Waals surface area contributed by atoms with Crippen LogP contribution >= 0.6 is 11.8 Å². The molecule has 1 fully saturated rings. The molecule has 3 aromatic rings. The van der Waals surface area contributed by atoms with E-state index in [1.54, 1.807) is 6.26 Å². The Hall–Kier alpha value is -2.58. The van der Waals surface area contributed by atoms with Crippen LogP contribution < -0.4 is 0 Å². The van der Waals surface area contributed by atoms with Gasteiger partial charge in [0, 0.05) is 19.6 Å². The standard InChI is InChI=1S/C21H25N5O2S/c1-24-10-6-11-25(13-12-24)19(27)16-29-21-23-22-20(18-9-5-14-28-18)26(21)15-17-7-3-2-4-8-17/h2-5,7-9,14H,6,10-13,15-16H2,1H3. The third-order valence-electron chi connectivity index (χ3n) is 5.04. The lowest BCUT2D eigenvalue weighted by molar-refractivity contribution is -0.128. The molecule has 152 valence electrons. The second-order valence-electron chi connectivity index (χ2n) is 7.18. The zero-order valence-corrected chi connectivity index (χ0v) is 17.3. The van der Waals surface area contributed by atoms with Crippen LogP contribution in [0.2, 0.25) is 0 Å². The molecule has 2 aromatic heterocycles. The number of hydrogen-bond donors (Lipinski definition) is 0. The predicted octanol–water partition coefficient (Wildman–Crippen LogP) is 2.84. The zero-order chi connectivity index (χ0) is 20.1. The van der Waals surface area contributed by atoms with E-state index < -0.39 is 0 Å². The number of carbonyl (C=O) groups excluding carboxylic acids is 1. The summed E-state index contributed by atoms with van der Waals surface area (Å²) in [6.07, 6.45) is 2.64. The molecule has 8 heteroatoms. The van der Waals surface area contributed by atoms with Crippen LogP contribution in [0.4, 0.5) is 0 Å². The first-order valence-electron chi connectivity index (χ1n) is 9.81. The molecule has 1 aliphatic heterocycles. The number of likely N-dealkylation sites (N-methyl/N-ethyl adjacent to an activating group) is 1. The molecule has 0 radical (unpaired) electrons. The highest BCUT2D eigenvalue weighted by Crippen LogP contribution is 2.26. The summed E-state index contributed by atoms with van der Waals surface area (Å²) in [5.41, 5.74) is 1.14. The van der Waals surface area contributed by atoms with Crippen molar-refractivity contribution in [3.05, 3.63) is 54.3 Å². The van der Waals surface area contributed by atoms with E-state index in [2.05, 4.69) is 34.3 Å². The second-order valence-corrected chi connectivity index (χ2v) is 8.12. The van der Waals surface area contributed by atoms with Crippen LogP contribution in [0.5, 0.6) is 0 Å². The van der Waals surface area contributed by atoms with E-state index in [9.17, 15) is 4.79 Å². The van der Waals surface area contributed by atoms with Crippen molar-refractivity contribution >= 4 is 17.7 Å². The summed E-state index contributed by atoms with van der Waals surface area (Å²) in [4.78, 5) is 17.0. The van der Waals surface area contributed by atoms with E-state index in [-0.39, 0.29) is 5.91 Å². The minimum absolute atomic E-state index is 0.152. The first kappa shape index (κ1) is 19.7. The summed E-state index contributed by atoms with van der Waals surface area (Å²) in [6.45, 7) is 4.18. The van der Waals surface area contributed by atoms with Gasteiger partial charge in [0.25, 0.3) is 0 Å². The van der Waals surface area contributed by atoms with Crippen molar-refractivity contribution in [3.63, 3.8) is 0 Å². The van der Waals surface area contributed by atoms with Crippen LogP contribution in [0.1, 0.15) is 12.0 Å². The third-order valence-corrected chi connectivity index (χ3v) is 5.99. The zero-order valence-electron chi connectivity index (χ0n) is 16.5. The number of carbonyl (C=O) groups is 1. The fourth-order valence-electron chi connectivity index (χ4n) is 3.41. The Kier molecular flexibility index (Phi) is 6.31. The number of nitrogens with zero attached hydrogens (tertiary/aromatic N) is 5. The maximum atomic E-state index is 12.7. The number of rotatable bonds is 6. The van der Waals surface area contributed by atoms with Gasteiger partial charge in [0.1, 0.15) is 0 Å². The Morgan fingerprint density at radius 3 is 2.72 bits per heavy atom. The van der Waals surface area contributed by atoms with Crippen molar-refractivity contribution in [1.82, 2.24) is 24.6 Å². The highest BCUT2D eigenvalue weighted by molar-refractivity contribution is 7.99. The van der Waals surface area contributed by atoms with Gasteiger partial charge in [-0.05, 0) is 37.7 Å². The van der Waals surface area contributed by atoms with Gasteiger partial charge in [-0.2, -0.15) is 0 Å². The van der Waals surface area contributed by atoms with E-state index in [0.29, 0.717) is 23.9 Å². The molecule has 0 spiro atoms. The Balaban J connectivity index is 1.50. The van der Waals surface area contributed by atoms with E-state index in [1.165, 1.54) is 11.8 Å². The molecule has 0 saturated carbocycles. The molecule has 0 aliphatic carbocycles. The Labute approximate surface area is 174 Å². The van der Waals surface area contributed by atoms with Gasteiger partial charge in [-0.1, -0.05) is 42.1 Å². The Morgan fingerprint density at radius 2 is 1.93 bits per heavy atom. The molecule has 7 nitrogen and oxygen atoms in total. The van der Waals surface area contributed by atoms with Gasteiger partial charge in [-0.15, -0.1) is 10.2 Å². The number of furan rings is 1. The van der Waals surface area contributed by atoms with Gasteiger partial charge in [-0.3, -0.25) is 9.36 Å². The third kappa shape index (κ3) is 4.89. The minimum Gasteiger partial charge on any atom is -0.461 e. The maximum Gasteiger partial charge on any atom is 0.233 e. The van der Waals surface area contributed by atoms with Gasteiger partial charge in [0.2, 0.25) is 11.7 Å². The van der Waals surface area contributed by atoms with Crippen molar-refractivity contribution in [2.24, 2.45) is 0 Å². The summed E-state index contributed by atoms with van der Waals surface area (Å²) in [7, 11) is 2.10. The van der Waals surface area contributed by atoms with Crippen molar-refractivity contribution in [2.75, 3.05) is 39.0 Å². The minimum atomic E-state index is 0.152. The SMILES string of the molecule is CN1CCCN(C(=O)CSc2nnc(-c3ccco3)n2Cc2ccccc2)CC1. The fourth-order valence-corrected chi connectivity index (χ4v) is 4.25. The highest BCUT2D eigenvalue weighted by Gasteiger charge is 2.21. The van der Waals surface area contributed by atoms with Crippen molar-refractivity contribution in [3.8, 4) is 11.6 Å². The molecule has 3 heterocycles. The number of thioether (sulfide) groups is 1. The van der Waals surface area contributed by atoms with Crippen molar-refractivity contribution in [1.29, 1.82) is 0 Å². The molecule has 1 saturated heterocycles. The topological polar surface area (TPSA) is 67.4 Å². The van der Waals surface area contributed by atoms with Crippen LogP contribution in [0.25, 0.3) is 11.6 Å². The summed E-state index contributed by atoms with van der Waals surface area (Å²) >= 11 is 1.44. The van der Waals surface area contributed by atoms with Gasteiger partial charge >= 0.3 is 0 Å². The monoisotopic (exact) mass is 411 g/mol. The summed E-state index contributed by atoms with van der Waals surface area (Å²) in [6, 6.07) is 13.9. The van der Waals surface area contributed by atoms with Crippen molar-refractivity contribution in [2.45, 2.75) is 18.1 Å². The van der Waals surface area contributed by atoms with E-state index in [4.69, 9.17) is 4.42 Å². The van der Waals surface area contributed by atoms with Crippen LogP contribution in [0.3, 0.4) is 0 Å². The summed E-state index contributed by atoms with van der Waals surface area (Å²) in [5, 5.41) is 9.41. The average Bonchev–Trinajstić information content (AvgIpc) is 3.34. The molecule has 1 amide bonds. The number of amides is 1. The lowest BCUT2D eigenvalue weighted by Crippen LogP contribution is -2.35. The lowest BCUT2D eigenvalue weighted by Gasteiger charge is -2.20. The van der Waals surface area contributed by atoms with Gasteiger partial charge in [0.15, 0.2) is 10.9 Å². The largest absolute Gasteiger partial charge is 0.461 e. The number of aromatic nitrogens is 3. The van der Waals surface area contributed by atoms with E-state index in [1.807, 2.05) is 39.8 Å². The van der Waals surface area contributed by atoms with Gasteiger partial charge < -0.3 is 14.2 Å². The fraction of sp³-hybridized carbons (Fsp3) is 0.381. The van der Waals surface area contributed by atoms with Crippen LogP contribution in [-0.2, 0) is 11.3 Å². The molecular weight excluding hydrogens is 386 g/mol. The maximum absolute atomic E-state index is 12.7. The Bertz CT molecular complexity index is 926. The average molecular weight is 412 g/mol. The van der Waals surface area contributed by atoms with Gasteiger partial charge in [0.05, 0.1) is 18.6 Å². The molecular formula is C21H25N5O2S. The molecule has 1 aliphatic rings. The summed E-state index contributed by atoms with van der Waals surface area (Å²) < 4.78 is 7.56. The molecule has 0 bridgehead atoms. The quantitative estimate of drug-likeness (QED) is 0.581. The van der Waals surface area contributed by atoms with E-state index in [0.717, 1.165) is 43.3 Å². The van der Waals surface area contributed by atoms with Crippen LogP contribution in [0, 0.1) is 0 Å². The molecule has 0 atom stereocenters. The van der Waals surface area contributed by atoms with Crippen LogP contribution in [-0.4, -0.2) is 69.5 Å². The molecule has 0 unspecified atom stereocenters. The molecule has 0 N–H and O–H groups in total.